The fourth-order valence-electron chi connectivity index (χ4n) is 3.33. The van der Waals surface area contributed by atoms with Gasteiger partial charge in [-0.05, 0) is 30.5 Å². The van der Waals surface area contributed by atoms with Crippen molar-refractivity contribution < 1.29 is 14.6 Å². The van der Waals surface area contributed by atoms with Crippen LogP contribution in [0.4, 0.5) is 0 Å². The van der Waals surface area contributed by atoms with Crippen LogP contribution in [0.2, 0.25) is 0 Å². The first-order chi connectivity index (χ1) is 8.79. The van der Waals surface area contributed by atoms with Crippen molar-refractivity contribution in [1.82, 2.24) is 0 Å². The molecule has 92 valence electrons. The van der Waals surface area contributed by atoms with Crippen molar-refractivity contribution in [3.05, 3.63) is 46.7 Å². The number of ether oxygens (including phenoxy) is 2. The molecule has 3 aliphatic rings. The van der Waals surface area contributed by atoms with Crippen molar-refractivity contribution in [3.8, 4) is 11.5 Å². The molecular formula is C15H14O3. The molecule has 3 heteroatoms. The number of aryl methyl sites for hydroxylation is 1. The maximum absolute atomic E-state index is 10.00. The van der Waals surface area contributed by atoms with Gasteiger partial charge in [0.2, 0.25) is 0 Å². The molecule has 0 bridgehead atoms. The molecule has 1 aliphatic heterocycles. The largest absolute Gasteiger partial charge is 0.508 e. The lowest BCUT2D eigenvalue weighted by atomic mass is 9.75. The SMILES string of the molecule is COc1ccc2c3c1OC1C(O)=CC=C(CC2)C31. The van der Waals surface area contributed by atoms with E-state index in [2.05, 4.69) is 6.07 Å². The lowest BCUT2D eigenvalue weighted by Gasteiger charge is -2.28. The maximum atomic E-state index is 10.00. The van der Waals surface area contributed by atoms with E-state index in [1.165, 1.54) is 16.7 Å². The maximum Gasteiger partial charge on any atom is 0.166 e. The van der Waals surface area contributed by atoms with Crippen LogP contribution < -0.4 is 9.47 Å². The van der Waals surface area contributed by atoms with Gasteiger partial charge in [-0.2, -0.15) is 0 Å². The predicted molar refractivity (Wildman–Crippen MR) is 67.3 cm³/mol. The molecule has 3 nitrogen and oxygen atoms in total. The summed E-state index contributed by atoms with van der Waals surface area (Å²) in [6.45, 7) is 0. The van der Waals surface area contributed by atoms with E-state index in [1.807, 2.05) is 12.1 Å². The minimum atomic E-state index is -0.254. The number of aliphatic hydroxyl groups excluding tert-OH is 1. The fourth-order valence-corrected chi connectivity index (χ4v) is 3.33. The Morgan fingerprint density at radius 2 is 2.17 bits per heavy atom. The number of rotatable bonds is 1. The molecule has 18 heavy (non-hydrogen) atoms. The van der Waals surface area contributed by atoms with Gasteiger partial charge in [-0.3, -0.25) is 0 Å². The number of methoxy groups -OCH3 is 1. The molecule has 0 fully saturated rings. The second kappa shape index (κ2) is 3.31. The average molecular weight is 242 g/mol. The van der Waals surface area contributed by atoms with Crippen molar-refractivity contribution in [3.63, 3.8) is 0 Å². The molecule has 4 rings (SSSR count). The van der Waals surface area contributed by atoms with Gasteiger partial charge in [-0.25, -0.2) is 0 Å². The molecule has 1 aromatic rings. The quantitative estimate of drug-likeness (QED) is 0.823. The van der Waals surface area contributed by atoms with E-state index in [4.69, 9.17) is 9.47 Å². The summed E-state index contributed by atoms with van der Waals surface area (Å²) in [5, 5.41) is 10.00. The Balaban J connectivity index is 1.98. The highest BCUT2D eigenvalue weighted by molar-refractivity contribution is 5.61. The highest BCUT2D eigenvalue weighted by atomic mass is 16.5. The van der Waals surface area contributed by atoms with E-state index >= 15 is 0 Å². The molecule has 2 aliphatic carbocycles. The lowest BCUT2D eigenvalue weighted by molar-refractivity contribution is 0.178. The monoisotopic (exact) mass is 242 g/mol. The summed E-state index contributed by atoms with van der Waals surface area (Å²) < 4.78 is 11.3. The van der Waals surface area contributed by atoms with Crippen LogP contribution in [0.5, 0.6) is 11.5 Å². The molecule has 1 heterocycles. The third-order valence-electron chi connectivity index (χ3n) is 4.17. The summed E-state index contributed by atoms with van der Waals surface area (Å²) in [6, 6.07) is 4.08. The lowest BCUT2D eigenvalue weighted by Crippen LogP contribution is -2.27. The van der Waals surface area contributed by atoms with E-state index in [9.17, 15) is 5.11 Å². The number of hydrogen-bond acceptors (Lipinski definition) is 3. The van der Waals surface area contributed by atoms with Crippen LogP contribution in [-0.2, 0) is 6.42 Å². The molecule has 0 aromatic heterocycles. The van der Waals surface area contributed by atoms with Gasteiger partial charge in [-0.1, -0.05) is 17.7 Å². The predicted octanol–water partition coefficient (Wildman–Crippen LogP) is 2.87. The molecule has 2 unspecified atom stereocenters. The fraction of sp³-hybridized carbons (Fsp3) is 0.333. The smallest absolute Gasteiger partial charge is 0.166 e. The second-order valence-corrected chi connectivity index (χ2v) is 5.02. The van der Waals surface area contributed by atoms with Crippen LogP contribution in [0.3, 0.4) is 0 Å². The second-order valence-electron chi connectivity index (χ2n) is 5.02. The molecule has 0 saturated heterocycles. The summed E-state index contributed by atoms with van der Waals surface area (Å²) in [5.74, 6) is 2.08. The third kappa shape index (κ3) is 1.09. The summed E-state index contributed by atoms with van der Waals surface area (Å²) in [4.78, 5) is 0. The Morgan fingerprint density at radius 3 is 3.00 bits per heavy atom. The first-order valence-electron chi connectivity index (χ1n) is 6.25. The zero-order valence-corrected chi connectivity index (χ0v) is 10.1. The number of allylic oxidation sites excluding steroid dienone is 2. The van der Waals surface area contributed by atoms with E-state index in [-0.39, 0.29) is 12.0 Å². The Bertz CT molecular complexity index is 598. The van der Waals surface area contributed by atoms with Crippen LogP contribution in [0.15, 0.2) is 35.6 Å². The Hall–Kier alpha value is -1.90. The zero-order chi connectivity index (χ0) is 12.3. The number of benzene rings is 1. The van der Waals surface area contributed by atoms with E-state index < -0.39 is 0 Å². The van der Waals surface area contributed by atoms with Crippen molar-refractivity contribution >= 4 is 0 Å². The van der Waals surface area contributed by atoms with Gasteiger partial charge in [0.1, 0.15) is 5.76 Å². The van der Waals surface area contributed by atoms with Gasteiger partial charge in [0.05, 0.1) is 13.0 Å². The number of hydrogen-bond donors (Lipinski definition) is 1. The summed E-state index contributed by atoms with van der Waals surface area (Å²) >= 11 is 0. The van der Waals surface area contributed by atoms with Gasteiger partial charge >= 0.3 is 0 Å². The average Bonchev–Trinajstić information content (AvgIpc) is 2.81. The van der Waals surface area contributed by atoms with Crippen molar-refractivity contribution in [1.29, 1.82) is 0 Å². The third-order valence-corrected chi connectivity index (χ3v) is 4.17. The van der Waals surface area contributed by atoms with Gasteiger partial charge < -0.3 is 14.6 Å². The molecule has 0 amide bonds. The zero-order valence-electron chi connectivity index (χ0n) is 10.1. The molecule has 2 atom stereocenters. The van der Waals surface area contributed by atoms with Crippen molar-refractivity contribution in [2.75, 3.05) is 7.11 Å². The Morgan fingerprint density at radius 1 is 1.28 bits per heavy atom. The van der Waals surface area contributed by atoms with Crippen molar-refractivity contribution in [2.45, 2.75) is 24.9 Å². The molecular weight excluding hydrogens is 228 g/mol. The molecule has 1 aromatic carbocycles. The number of aliphatic hydroxyl groups is 1. The van der Waals surface area contributed by atoms with Crippen LogP contribution in [0.1, 0.15) is 23.5 Å². The standard InChI is InChI=1S/C15H14O3/c1-17-11-7-5-9-3-2-8-4-6-10(16)14-12(8)13(9)15(11)18-14/h4-7,12,14,16H,2-3H2,1H3. The van der Waals surface area contributed by atoms with Crippen LogP contribution in [0, 0.1) is 0 Å². The van der Waals surface area contributed by atoms with E-state index in [0.29, 0.717) is 5.76 Å². The van der Waals surface area contributed by atoms with E-state index in [1.54, 1.807) is 13.2 Å². The molecule has 0 saturated carbocycles. The Kier molecular flexibility index (Phi) is 1.85. The summed E-state index contributed by atoms with van der Waals surface area (Å²) in [5.41, 5.74) is 3.90. The first kappa shape index (κ1) is 10.1. The highest BCUT2D eigenvalue weighted by Gasteiger charge is 2.45. The van der Waals surface area contributed by atoms with E-state index in [0.717, 1.165) is 24.3 Å². The van der Waals surface area contributed by atoms with Crippen molar-refractivity contribution in [2.24, 2.45) is 0 Å². The van der Waals surface area contributed by atoms with Crippen LogP contribution in [0.25, 0.3) is 0 Å². The minimum absolute atomic E-state index is 0.184. The minimum Gasteiger partial charge on any atom is -0.508 e. The molecule has 0 spiro atoms. The molecule has 0 radical (unpaired) electrons. The first-order valence-corrected chi connectivity index (χ1v) is 6.25. The van der Waals surface area contributed by atoms with Crippen LogP contribution in [-0.4, -0.2) is 18.3 Å². The topological polar surface area (TPSA) is 38.7 Å². The highest BCUT2D eigenvalue weighted by Crippen LogP contribution is 2.54. The normalized spacial score (nSPS) is 26.9. The van der Waals surface area contributed by atoms with Crippen LogP contribution >= 0.6 is 0 Å². The van der Waals surface area contributed by atoms with Gasteiger partial charge in [-0.15, -0.1) is 0 Å². The van der Waals surface area contributed by atoms with Gasteiger partial charge in [0.25, 0.3) is 0 Å². The van der Waals surface area contributed by atoms with Gasteiger partial charge in [0.15, 0.2) is 17.6 Å². The molecule has 1 N–H and O–H groups in total. The summed E-state index contributed by atoms with van der Waals surface area (Å²) in [7, 11) is 1.65. The Labute approximate surface area is 105 Å². The van der Waals surface area contributed by atoms with Gasteiger partial charge in [0, 0.05) is 5.56 Å². The summed E-state index contributed by atoms with van der Waals surface area (Å²) in [6.07, 6.45) is 5.64.